The number of carbonyl (C=O) groups is 1. The average molecular weight is 283 g/mol. The molecule has 1 fully saturated rings. The lowest BCUT2D eigenvalue weighted by atomic mass is 9.92. The monoisotopic (exact) mass is 283 g/mol. The molecule has 20 heavy (non-hydrogen) atoms. The molecule has 0 spiro atoms. The van der Waals surface area contributed by atoms with Crippen LogP contribution in [-0.4, -0.2) is 23.2 Å². The molecule has 1 atom stereocenters. The van der Waals surface area contributed by atoms with Gasteiger partial charge in [0.15, 0.2) is 0 Å². The minimum atomic E-state index is -0.872. The van der Waals surface area contributed by atoms with Crippen molar-refractivity contribution in [2.24, 2.45) is 0 Å². The Morgan fingerprint density at radius 1 is 1.25 bits per heavy atom. The molecule has 1 aromatic carbocycles. The van der Waals surface area contributed by atoms with Gasteiger partial charge in [0.05, 0.1) is 12.0 Å². The van der Waals surface area contributed by atoms with Crippen molar-refractivity contribution in [2.75, 3.05) is 0 Å². The van der Waals surface area contributed by atoms with E-state index in [2.05, 4.69) is 5.32 Å². The van der Waals surface area contributed by atoms with Crippen molar-refractivity contribution in [1.82, 2.24) is 5.32 Å². The van der Waals surface area contributed by atoms with E-state index in [1.54, 1.807) is 0 Å². The van der Waals surface area contributed by atoms with Crippen LogP contribution in [0, 0.1) is 11.6 Å². The zero-order chi connectivity index (χ0) is 14.7. The highest BCUT2D eigenvalue weighted by Gasteiger charge is 2.26. The second-order valence-electron chi connectivity index (χ2n) is 5.37. The van der Waals surface area contributed by atoms with Gasteiger partial charge in [0, 0.05) is 11.6 Å². The maximum absolute atomic E-state index is 13.6. The van der Waals surface area contributed by atoms with Crippen LogP contribution in [0.1, 0.15) is 44.1 Å². The van der Waals surface area contributed by atoms with Crippen LogP contribution < -0.4 is 5.32 Å². The predicted octanol–water partition coefficient (Wildman–Crippen LogP) is 2.49. The fraction of sp³-hybridized carbons (Fsp3) is 0.533. The average Bonchev–Trinajstić information content (AvgIpc) is 2.41. The third-order valence-corrected chi connectivity index (χ3v) is 3.87. The van der Waals surface area contributed by atoms with E-state index in [9.17, 15) is 18.7 Å². The third-order valence-electron chi connectivity index (χ3n) is 3.87. The van der Waals surface area contributed by atoms with E-state index < -0.39 is 17.6 Å². The van der Waals surface area contributed by atoms with Crippen molar-refractivity contribution in [3.8, 4) is 0 Å². The lowest BCUT2D eigenvalue weighted by Crippen LogP contribution is -2.40. The number of aliphatic hydroxyl groups is 1. The fourth-order valence-electron chi connectivity index (χ4n) is 2.60. The molecule has 1 amide bonds. The van der Waals surface area contributed by atoms with Gasteiger partial charge in [0.1, 0.15) is 11.6 Å². The number of benzene rings is 1. The highest BCUT2D eigenvalue weighted by atomic mass is 19.1. The SMILES string of the molecule is CC(C(=O)NC1CCC(O)CC1)c1c(F)cccc1F. The lowest BCUT2D eigenvalue weighted by molar-refractivity contribution is -0.123. The van der Waals surface area contributed by atoms with Gasteiger partial charge in [-0.05, 0) is 44.7 Å². The van der Waals surface area contributed by atoms with Gasteiger partial charge < -0.3 is 10.4 Å². The summed E-state index contributed by atoms with van der Waals surface area (Å²) in [5, 5.41) is 12.2. The van der Waals surface area contributed by atoms with Gasteiger partial charge in [-0.3, -0.25) is 4.79 Å². The smallest absolute Gasteiger partial charge is 0.227 e. The quantitative estimate of drug-likeness (QED) is 0.895. The zero-order valence-corrected chi connectivity index (χ0v) is 11.4. The molecule has 2 N–H and O–H groups in total. The van der Waals surface area contributed by atoms with Crippen LogP contribution in [0.15, 0.2) is 18.2 Å². The van der Waals surface area contributed by atoms with Crippen LogP contribution in [0.2, 0.25) is 0 Å². The highest BCUT2D eigenvalue weighted by Crippen LogP contribution is 2.24. The Morgan fingerprint density at radius 3 is 2.35 bits per heavy atom. The Kier molecular flexibility index (Phi) is 4.70. The number of rotatable bonds is 3. The maximum atomic E-state index is 13.6. The summed E-state index contributed by atoms with van der Waals surface area (Å²) in [7, 11) is 0. The van der Waals surface area contributed by atoms with Gasteiger partial charge in [-0.25, -0.2) is 8.78 Å². The number of hydrogen-bond donors (Lipinski definition) is 2. The second-order valence-corrected chi connectivity index (χ2v) is 5.37. The number of aliphatic hydroxyl groups excluding tert-OH is 1. The molecular formula is C15H19F2NO2. The van der Waals surface area contributed by atoms with E-state index in [0.29, 0.717) is 25.7 Å². The Labute approximate surface area is 117 Å². The first-order valence-corrected chi connectivity index (χ1v) is 6.91. The maximum Gasteiger partial charge on any atom is 0.227 e. The molecule has 1 aliphatic carbocycles. The van der Waals surface area contributed by atoms with E-state index in [1.165, 1.54) is 13.0 Å². The molecule has 110 valence electrons. The minimum Gasteiger partial charge on any atom is -0.393 e. The van der Waals surface area contributed by atoms with Crippen LogP contribution in [0.4, 0.5) is 8.78 Å². The van der Waals surface area contributed by atoms with E-state index in [0.717, 1.165) is 12.1 Å². The van der Waals surface area contributed by atoms with Crippen molar-refractivity contribution in [3.05, 3.63) is 35.4 Å². The van der Waals surface area contributed by atoms with Gasteiger partial charge in [-0.2, -0.15) is 0 Å². The van der Waals surface area contributed by atoms with Gasteiger partial charge in [-0.15, -0.1) is 0 Å². The van der Waals surface area contributed by atoms with Crippen LogP contribution >= 0.6 is 0 Å². The molecule has 1 saturated carbocycles. The molecule has 1 aromatic rings. The van der Waals surface area contributed by atoms with Crippen LogP contribution in [-0.2, 0) is 4.79 Å². The topological polar surface area (TPSA) is 49.3 Å². The zero-order valence-electron chi connectivity index (χ0n) is 11.4. The Hall–Kier alpha value is -1.49. The molecule has 2 rings (SSSR count). The first kappa shape index (κ1) is 14.9. The molecule has 0 heterocycles. The summed E-state index contributed by atoms with van der Waals surface area (Å²) in [5.41, 5.74) is -0.194. The predicted molar refractivity (Wildman–Crippen MR) is 71.2 cm³/mol. The summed E-state index contributed by atoms with van der Waals surface area (Å²) in [6.45, 7) is 1.49. The Bertz CT molecular complexity index is 465. The number of hydrogen-bond acceptors (Lipinski definition) is 2. The number of amides is 1. The highest BCUT2D eigenvalue weighted by molar-refractivity contribution is 5.83. The fourth-order valence-corrected chi connectivity index (χ4v) is 2.60. The van der Waals surface area contributed by atoms with E-state index in [1.807, 2.05) is 0 Å². The molecule has 0 radical (unpaired) electrons. The number of halogens is 2. The van der Waals surface area contributed by atoms with Gasteiger partial charge in [-0.1, -0.05) is 6.07 Å². The summed E-state index contributed by atoms with van der Waals surface area (Å²) >= 11 is 0. The van der Waals surface area contributed by atoms with Crippen LogP contribution in [0.3, 0.4) is 0 Å². The molecule has 0 bridgehead atoms. The molecule has 0 aromatic heterocycles. The largest absolute Gasteiger partial charge is 0.393 e. The summed E-state index contributed by atoms with van der Waals surface area (Å²) in [5.74, 6) is -2.66. The third kappa shape index (κ3) is 3.33. The van der Waals surface area contributed by atoms with E-state index in [-0.39, 0.29) is 23.6 Å². The summed E-state index contributed by atoms with van der Waals surface area (Å²) in [6.07, 6.45) is 2.38. The summed E-state index contributed by atoms with van der Waals surface area (Å²) in [4.78, 5) is 12.1. The molecule has 3 nitrogen and oxygen atoms in total. The van der Waals surface area contributed by atoms with Crippen molar-refractivity contribution >= 4 is 5.91 Å². The van der Waals surface area contributed by atoms with Crippen LogP contribution in [0.5, 0.6) is 0 Å². The van der Waals surface area contributed by atoms with Crippen molar-refractivity contribution in [2.45, 2.75) is 50.7 Å². The molecule has 5 heteroatoms. The number of carbonyl (C=O) groups excluding carboxylic acids is 1. The van der Waals surface area contributed by atoms with E-state index in [4.69, 9.17) is 0 Å². The van der Waals surface area contributed by atoms with Crippen molar-refractivity contribution in [3.63, 3.8) is 0 Å². The van der Waals surface area contributed by atoms with Crippen LogP contribution in [0.25, 0.3) is 0 Å². The molecule has 0 aliphatic heterocycles. The lowest BCUT2D eigenvalue weighted by Gasteiger charge is -2.27. The molecule has 1 aliphatic rings. The first-order chi connectivity index (χ1) is 9.49. The van der Waals surface area contributed by atoms with Gasteiger partial charge in [0.25, 0.3) is 0 Å². The first-order valence-electron chi connectivity index (χ1n) is 6.91. The normalized spacial score (nSPS) is 24.2. The second kappa shape index (κ2) is 6.31. The standard InChI is InChI=1S/C15H19F2NO2/c1-9(14-12(16)3-2-4-13(14)17)15(20)18-10-5-7-11(19)8-6-10/h2-4,9-11,19H,5-8H2,1H3,(H,18,20). The van der Waals surface area contributed by atoms with Gasteiger partial charge in [0.2, 0.25) is 5.91 Å². The van der Waals surface area contributed by atoms with Gasteiger partial charge >= 0.3 is 0 Å². The Balaban J connectivity index is 2.02. The van der Waals surface area contributed by atoms with Crippen molar-refractivity contribution < 1.29 is 18.7 Å². The summed E-state index contributed by atoms with van der Waals surface area (Å²) in [6, 6.07) is 3.56. The van der Waals surface area contributed by atoms with E-state index >= 15 is 0 Å². The molecular weight excluding hydrogens is 264 g/mol. The molecule has 1 unspecified atom stereocenters. The minimum absolute atomic E-state index is 0.0248. The Morgan fingerprint density at radius 2 is 1.80 bits per heavy atom. The van der Waals surface area contributed by atoms with Crippen molar-refractivity contribution in [1.29, 1.82) is 0 Å². The summed E-state index contributed by atoms with van der Waals surface area (Å²) < 4.78 is 27.3. The number of nitrogens with one attached hydrogen (secondary N) is 1. The molecule has 0 saturated heterocycles.